The number of nitrogens with zero attached hydrogens (tertiary/aromatic N) is 2. The molecule has 0 amide bonds. The number of nitrogens with one attached hydrogen (secondary N) is 1. The number of nitriles is 1. The molecule has 1 aromatic heterocycles. The summed E-state index contributed by atoms with van der Waals surface area (Å²) in [4.78, 5) is 4.20. The molecule has 1 heterocycles. The maximum absolute atomic E-state index is 12.5. The van der Waals surface area contributed by atoms with Crippen molar-refractivity contribution in [3.63, 3.8) is 0 Å². The van der Waals surface area contributed by atoms with Gasteiger partial charge in [-0.25, -0.2) is 13.4 Å². The zero-order valence-corrected chi connectivity index (χ0v) is 14.8. The molecule has 3 rings (SSSR count). The van der Waals surface area contributed by atoms with Gasteiger partial charge in [0.1, 0.15) is 6.07 Å². The Morgan fingerprint density at radius 1 is 1.45 bits per heavy atom. The minimum absolute atomic E-state index is 0.204. The number of anilines is 1. The summed E-state index contributed by atoms with van der Waals surface area (Å²) in [5.41, 5.74) is 1.41. The van der Waals surface area contributed by atoms with Crippen molar-refractivity contribution in [2.24, 2.45) is 0 Å². The number of sulfonamides is 1. The Morgan fingerprint density at radius 3 is 2.82 bits per heavy atom. The van der Waals surface area contributed by atoms with E-state index in [2.05, 4.69) is 31.7 Å². The molecule has 1 fully saturated rings. The number of rotatable bonds is 4. The third-order valence-electron chi connectivity index (χ3n) is 3.46. The van der Waals surface area contributed by atoms with Gasteiger partial charge >= 0.3 is 0 Å². The predicted molar refractivity (Wildman–Crippen MR) is 88.5 cm³/mol. The summed E-state index contributed by atoms with van der Waals surface area (Å²) in [7, 11) is -3.68. The van der Waals surface area contributed by atoms with Gasteiger partial charge in [-0.1, -0.05) is 0 Å². The van der Waals surface area contributed by atoms with Crippen LogP contribution in [0.1, 0.15) is 34.9 Å². The fourth-order valence-electron chi connectivity index (χ4n) is 2.04. The number of hydrogen-bond donors (Lipinski definition) is 1. The molecule has 0 atom stereocenters. The summed E-state index contributed by atoms with van der Waals surface area (Å²) < 4.78 is 28.3. The van der Waals surface area contributed by atoms with Crippen LogP contribution in [0.5, 0.6) is 0 Å². The lowest BCUT2D eigenvalue weighted by molar-refractivity contribution is 0.603. The van der Waals surface area contributed by atoms with E-state index in [9.17, 15) is 8.42 Å². The van der Waals surface area contributed by atoms with E-state index in [0.717, 1.165) is 17.8 Å². The van der Waals surface area contributed by atoms with Gasteiger partial charge in [0.25, 0.3) is 10.0 Å². The number of benzene rings is 1. The average Bonchev–Trinajstić information content (AvgIpc) is 3.19. The Bertz CT molecular complexity index is 880. The molecule has 22 heavy (non-hydrogen) atoms. The van der Waals surface area contributed by atoms with E-state index < -0.39 is 10.0 Å². The van der Waals surface area contributed by atoms with Crippen LogP contribution in [0, 0.1) is 18.3 Å². The molecule has 1 saturated carbocycles. The Morgan fingerprint density at radius 2 is 2.18 bits per heavy atom. The van der Waals surface area contributed by atoms with Crippen LogP contribution in [0.15, 0.2) is 27.0 Å². The van der Waals surface area contributed by atoms with Gasteiger partial charge in [0.2, 0.25) is 0 Å². The van der Waals surface area contributed by atoms with Gasteiger partial charge in [-0.15, -0.1) is 11.3 Å². The highest BCUT2D eigenvalue weighted by Crippen LogP contribution is 2.42. The second-order valence-corrected chi connectivity index (χ2v) is 8.93. The molecule has 1 N–H and O–H groups in total. The number of halogens is 1. The van der Waals surface area contributed by atoms with Crippen LogP contribution >= 0.6 is 27.3 Å². The quantitative estimate of drug-likeness (QED) is 0.850. The normalized spacial score (nSPS) is 14.6. The van der Waals surface area contributed by atoms with Gasteiger partial charge in [0, 0.05) is 10.4 Å². The van der Waals surface area contributed by atoms with Gasteiger partial charge in [0.15, 0.2) is 4.21 Å². The van der Waals surface area contributed by atoms with E-state index in [1.807, 2.05) is 0 Å². The monoisotopic (exact) mass is 397 g/mol. The first-order valence-corrected chi connectivity index (χ1v) is 9.69. The summed E-state index contributed by atoms with van der Waals surface area (Å²) in [6.45, 7) is 1.71. The highest BCUT2D eigenvalue weighted by atomic mass is 79.9. The Labute approximate surface area is 141 Å². The van der Waals surface area contributed by atoms with Crippen molar-refractivity contribution in [2.45, 2.75) is 29.9 Å². The van der Waals surface area contributed by atoms with E-state index in [0.29, 0.717) is 27.2 Å². The van der Waals surface area contributed by atoms with Crippen LogP contribution in [0.25, 0.3) is 0 Å². The van der Waals surface area contributed by atoms with E-state index >= 15 is 0 Å². The third-order valence-corrected chi connectivity index (χ3v) is 7.11. The molecule has 1 aromatic carbocycles. The van der Waals surface area contributed by atoms with Crippen molar-refractivity contribution >= 4 is 43.0 Å². The fourth-order valence-corrected chi connectivity index (χ4v) is 5.00. The van der Waals surface area contributed by atoms with Crippen LogP contribution in [-0.2, 0) is 10.0 Å². The highest BCUT2D eigenvalue weighted by molar-refractivity contribution is 9.10. The molecule has 0 spiro atoms. The molecule has 5 nitrogen and oxygen atoms in total. The standard InChI is InChI=1S/C14H12BrN3O2S2/c1-8-10(6-16)11(15)4-5-12(8)18-22(19,20)13-7-17-14(21-13)9-2-3-9/h4-5,7,9,18H,2-3H2,1H3. The van der Waals surface area contributed by atoms with E-state index in [-0.39, 0.29) is 4.21 Å². The summed E-state index contributed by atoms with van der Waals surface area (Å²) >= 11 is 4.50. The van der Waals surface area contributed by atoms with Gasteiger partial charge in [0.05, 0.1) is 22.5 Å². The molecule has 0 saturated heterocycles. The molecular formula is C14H12BrN3O2S2. The third kappa shape index (κ3) is 2.89. The topological polar surface area (TPSA) is 82.8 Å². The molecule has 1 aliphatic carbocycles. The van der Waals surface area contributed by atoms with Gasteiger partial charge in [-0.3, -0.25) is 4.72 Å². The molecule has 0 aliphatic heterocycles. The molecule has 0 bridgehead atoms. The number of aromatic nitrogens is 1. The largest absolute Gasteiger partial charge is 0.279 e. The number of thiazole rings is 1. The first kappa shape index (κ1) is 15.5. The smallest absolute Gasteiger partial charge is 0.273 e. The van der Waals surface area contributed by atoms with Crippen LogP contribution in [-0.4, -0.2) is 13.4 Å². The van der Waals surface area contributed by atoms with Gasteiger partial charge in [-0.2, -0.15) is 5.26 Å². The second kappa shape index (κ2) is 5.65. The van der Waals surface area contributed by atoms with Crippen molar-refractivity contribution in [1.82, 2.24) is 4.98 Å². The van der Waals surface area contributed by atoms with Crippen molar-refractivity contribution in [3.8, 4) is 6.07 Å². The Kier molecular flexibility index (Phi) is 3.97. The second-order valence-electron chi connectivity index (χ2n) is 5.10. The maximum atomic E-state index is 12.5. The van der Waals surface area contributed by atoms with Gasteiger partial charge in [-0.05, 0) is 53.4 Å². The van der Waals surface area contributed by atoms with E-state index in [4.69, 9.17) is 5.26 Å². The first-order valence-electron chi connectivity index (χ1n) is 6.60. The van der Waals surface area contributed by atoms with Crippen molar-refractivity contribution in [3.05, 3.63) is 38.9 Å². The lowest BCUT2D eigenvalue weighted by atomic mass is 10.1. The fraction of sp³-hybridized carbons (Fsp3) is 0.286. The molecular weight excluding hydrogens is 386 g/mol. The highest BCUT2D eigenvalue weighted by Gasteiger charge is 2.29. The summed E-state index contributed by atoms with van der Waals surface area (Å²) in [6, 6.07) is 5.36. The van der Waals surface area contributed by atoms with Crippen LogP contribution in [0.3, 0.4) is 0 Å². The van der Waals surface area contributed by atoms with E-state index in [1.54, 1.807) is 19.1 Å². The summed E-state index contributed by atoms with van der Waals surface area (Å²) in [5, 5.41) is 10.0. The summed E-state index contributed by atoms with van der Waals surface area (Å²) in [6.07, 6.45) is 3.57. The van der Waals surface area contributed by atoms with Crippen molar-refractivity contribution in [1.29, 1.82) is 5.26 Å². The lowest BCUT2D eigenvalue weighted by Gasteiger charge is -2.11. The van der Waals surface area contributed by atoms with Crippen molar-refractivity contribution in [2.75, 3.05) is 4.72 Å². The maximum Gasteiger partial charge on any atom is 0.273 e. The molecule has 8 heteroatoms. The van der Waals surface area contributed by atoms with E-state index in [1.165, 1.54) is 17.5 Å². The molecule has 114 valence electrons. The average molecular weight is 398 g/mol. The van der Waals surface area contributed by atoms with Crippen LogP contribution in [0.2, 0.25) is 0 Å². The predicted octanol–water partition coefficient (Wildman–Crippen LogP) is 3.76. The lowest BCUT2D eigenvalue weighted by Crippen LogP contribution is -2.12. The SMILES string of the molecule is Cc1c(NS(=O)(=O)c2cnc(C3CC3)s2)ccc(Br)c1C#N. The Hall–Kier alpha value is -1.43. The number of hydrogen-bond acceptors (Lipinski definition) is 5. The summed E-state index contributed by atoms with van der Waals surface area (Å²) in [5.74, 6) is 0.425. The molecule has 0 unspecified atom stereocenters. The first-order chi connectivity index (χ1) is 10.4. The molecule has 2 aromatic rings. The zero-order chi connectivity index (χ0) is 15.9. The molecule has 1 aliphatic rings. The van der Waals surface area contributed by atoms with Gasteiger partial charge < -0.3 is 0 Å². The van der Waals surface area contributed by atoms with Crippen LogP contribution in [0.4, 0.5) is 5.69 Å². The van der Waals surface area contributed by atoms with Crippen molar-refractivity contribution < 1.29 is 8.42 Å². The van der Waals surface area contributed by atoms with Crippen LogP contribution < -0.4 is 4.72 Å². The molecule has 0 radical (unpaired) electrons. The zero-order valence-electron chi connectivity index (χ0n) is 11.6. The minimum atomic E-state index is -3.68. The minimum Gasteiger partial charge on any atom is -0.279 e. The Balaban J connectivity index is 1.92.